The van der Waals surface area contributed by atoms with Crippen molar-refractivity contribution in [2.24, 2.45) is 0 Å². The normalized spacial score (nSPS) is 14.2. The van der Waals surface area contributed by atoms with E-state index in [0.29, 0.717) is 52.3 Å². The summed E-state index contributed by atoms with van der Waals surface area (Å²) in [6.45, 7) is 5.87. The number of morpholine rings is 1. The summed E-state index contributed by atoms with van der Waals surface area (Å²) in [7, 11) is 0. The Hall–Kier alpha value is -2.19. The molecule has 156 valence electrons. The zero-order valence-corrected chi connectivity index (χ0v) is 18.7. The lowest BCUT2D eigenvalue weighted by Crippen LogP contribution is -2.40. The van der Waals surface area contributed by atoms with Gasteiger partial charge in [-0.05, 0) is 43.7 Å². The first-order valence-electron chi connectivity index (χ1n) is 9.39. The molecule has 2 amide bonds. The second kappa shape index (κ2) is 8.51. The highest BCUT2D eigenvalue weighted by Gasteiger charge is 2.27. The van der Waals surface area contributed by atoms with Crippen LogP contribution in [0.25, 0.3) is 10.2 Å². The van der Waals surface area contributed by atoms with Gasteiger partial charge in [0.05, 0.1) is 28.9 Å². The minimum absolute atomic E-state index is 0.136. The average molecular weight is 464 g/mol. The van der Waals surface area contributed by atoms with Crippen molar-refractivity contribution in [3.05, 3.63) is 56.0 Å². The van der Waals surface area contributed by atoms with E-state index in [1.807, 2.05) is 19.9 Å². The van der Waals surface area contributed by atoms with Gasteiger partial charge in [0.25, 0.3) is 11.8 Å². The van der Waals surface area contributed by atoms with Gasteiger partial charge in [-0.3, -0.25) is 9.59 Å². The number of carbonyl (C=O) groups is 2. The predicted octanol–water partition coefficient (Wildman–Crippen LogP) is 4.94. The molecule has 30 heavy (non-hydrogen) atoms. The van der Waals surface area contributed by atoms with Gasteiger partial charge in [-0.25, -0.2) is 4.98 Å². The van der Waals surface area contributed by atoms with E-state index in [0.717, 1.165) is 16.6 Å². The Bertz CT molecular complexity index is 1160. The third-order valence-electron chi connectivity index (χ3n) is 4.90. The molecule has 1 saturated heterocycles. The number of rotatable bonds is 3. The summed E-state index contributed by atoms with van der Waals surface area (Å²) in [5.74, 6) is -0.507. The van der Waals surface area contributed by atoms with Crippen LogP contribution in [0.3, 0.4) is 0 Å². The highest BCUT2D eigenvalue weighted by Crippen LogP contribution is 2.38. The van der Waals surface area contributed by atoms with Crippen LogP contribution in [0.2, 0.25) is 10.0 Å². The first-order chi connectivity index (χ1) is 14.3. The van der Waals surface area contributed by atoms with Crippen molar-refractivity contribution in [3.63, 3.8) is 0 Å². The number of hydrogen-bond acceptors (Lipinski definition) is 5. The molecule has 0 spiro atoms. The highest BCUT2D eigenvalue weighted by molar-refractivity contribution is 7.21. The number of ether oxygens (including phenoxy) is 1. The van der Waals surface area contributed by atoms with Crippen molar-refractivity contribution >= 4 is 62.3 Å². The van der Waals surface area contributed by atoms with Gasteiger partial charge in [-0.2, -0.15) is 0 Å². The van der Waals surface area contributed by atoms with Crippen molar-refractivity contribution in [1.82, 2.24) is 9.88 Å². The Morgan fingerprint density at radius 2 is 1.87 bits per heavy atom. The lowest BCUT2D eigenvalue weighted by Gasteiger charge is -2.26. The summed E-state index contributed by atoms with van der Waals surface area (Å²) < 4.78 is 5.36. The fourth-order valence-corrected chi connectivity index (χ4v) is 4.96. The quantitative estimate of drug-likeness (QED) is 0.596. The Labute approximate surface area is 187 Å². The molecule has 1 fully saturated rings. The molecular formula is C21H19Cl2N3O3S. The number of benzene rings is 1. The van der Waals surface area contributed by atoms with Crippen molar-refractivity contribution in [2.45, 2.75) is 13.8 Å². The number of aryl methyl sites for hydroxylation is 2. The number of amides is 2. The molecule has 0 unspecified atom stereocenters. The molecular weight excluding hydrogens is 445 g/mol. The summed E-state index contributed by atoms with van der Waals surface area (Å²) in [5, 5.41) is 4.36. The molecule has 1 aliphatic rings. The first-order valence-corrected chi connectivity index (χ1v) is 11.0. The molecule has 9 heteroatoms. The summed E-state index contributed by atoms with van der Waals surface area (Å²) in [4.78, 5) is 33.7. The second-order valence-electron chi connectivity index (χ2n) is 7.05. The largest absolute Gasteiger partial charge is 0.378 e. The van der Waals surface area contributed by atoms with E-state index in [4.69, 9.17) is 27.9 Å². The molecule has 1 N–H and O–H groups in total. The molecule has 0 aliphatic carbocycles. The number of aromatic nitrogens is 1. The first kappa shape index (κ1) is 21.1. The molecule has 4 rings (SSSR count). The number of thiophene rings is 1. The van der Waals surface area contributed by atoms with Crippen LogP contribution in [0.4, 0.5) is 5.69 Å². The molecule has 1 aromatic carbocycles. The molecule has 1 aliphatic heterocycles. The van der Waals surface area contributed by atoms with Crippen molar-refractivity contribution in [2.75, 3.05) is 31.6 Å². The summed E-state index contributed by atoms with van der Waals surface area (Å²) in [6.07, 6.45) is 0. The fraction of sp³-hybridized carbons (Fsp3) is 0.286. The van der Waals surface area contributed by atoms with Crippen LogP contribution in [0, 0.1) is 13.8 Å². The fourth-order valence-electron chi connectivity index (χ4n) is 3.44. The Morgan fingerprint density at radius 1 is 1.13 bits per heavy atom. The smallest absolute Gasteiger partial charge is 0.266 e. The van der Waals surface area contributed by atoms with Crippen molar-refractivity contribution in [3.8, 4) is 0 Å². The number of pyridine rings is 1. The summed E-state index contributed by atoms with van der Waals surface area (Å²) in [5.41, 5.74) is 2.63. The van der Waals surface area contributed by atoms with E-state index >= 15 is 0 Å². The second-order valence-corrected chi connectivity index (χ2v) is 8.87. The Balaban J connectivity index is 1.78. The van der Waals surface area contributed by atoms with E-state index in [9.17, 15) is 9.59 Å². The van der Waals surface area contributed by atoms with Crippen molar-refractivity contribution in [1.29, 1.82) is 0 Å². The minimum Gasteiger partial charge on any atom is -0.378 e. The molecule has 0 radical (unpaired) electrons. The summed E-state index contributed by atoms with van der Waals surface area (Å²) in [6, 6.07) is 6.61. The number of nitrogens with one attached hydrogen (secondary N) is 1. The number of anilines is 1. The van der Waals surface area contributed by atoms with Gasteiger partial charge in [0, 0.05) is 29.7 Å². The van der Waals surface area contributed by atoms with Gasteiger partial charge in [-0.15, -0.1) is 11.3 Å². The highest BCUT2D eigenvalue weighted by atomic mass is 35.5. The molecule has 0 atom stereocenters. The van der Waals surface area contributed by atoms with Gasteiger partial charge in [0.1, 0.15) is 9.71 Å². The zero-order chi connectivity index (χ0) is 21.4. The van der Waals surface area contributed by atoms with E-state index in [1.54, 1.807) is 17.0 Å². The zero-order valence-electron chi connectivity index (χ0n) is 16.4. The van der Waals surface area contributed by atoms with Gasteiger partial charge >= 0.3 is 0 Å². The monoisotopic (exact) mass is 463 g/mol. The Morgan fingerprint density at radius 3 is 2.57 bits per heavy atom. The molecule has 6 nitrogen and oxygen atoms in total. The number of hydrogen-bond donors (Lipinski definition) is 1. The topological polar surface area (TPSA) is 71.5 Å². The maximum atomic E-state index is 13.3. The van der Waals surface area contributed by atoms with Crippen LogP contribution in [-0.2, 0) is 4.74 Å². The molecule has 2 aromatic heterocycles. The molecule has 0 bridgehead atoms. The van der Waals surface area contributed by atoms with Crippen LogP contribution in [0.1, 0.15) is 31.3 Å². The maximum absolute atomic E-state index is 13.3. The third kappa shape index (κ3) is 4.03. The molecule has 0 saturated carbocycles. The van der Waals surface area contributed by atoms with Crippen LogP contribution >= 0.6 is 34.5 Å². The SMILES string of the molecule is Cc1cc(C)c2c(NC(=O)c3ccc(Cl)c(Cl)c3)c(C(=O)N3CCOCC3)sc2n1. The Kier molecular flexibility index (Phi) is 5.97. The van der Waals surface area contributed by atoms with Crippen LogP contribution in [-0.4, -0.2) is 48.0 Å². The van der Waals surface area contributed by atoms with E-state index in [1.165, 1.54) is 17.4 Å². The summed E-state index contributed by atoms with van der Waals surface area (Å²) >= 11 is 13.3. The predicted molar refractivity (Wildman–Crippen MR) is 120 cm³/mol. The maximum Gasteiger partial charge on any atom is 0.266 e. The lowest BCUT2D eigenvalue weighted by atomic mass is 10.1. The van der Waals surface area contributed by atoms with Crippen LogP contribution in [0.5, 0.6) is 0 Å². The van der Waals surface area contributed by atoms with E-state index in [-0.39, 0.29) is 16.8 Å². The van der Waals surface area contributed by atoms with Gasteiger partial charge in [0.15, 0.2) is 0 Å². The van der Waals surface area contributed by atoms with Gasteiger partial charge < -0.3 is 15.0 Å². The minimum atomic E-state index is -0.371. The standard InChI is InChI=1S/C21H19Cl2N3O3S/c1-11-9-12(2)24-20-16(11)17(18(30-20)21(28)26-5-7-29-8-6-26)25-19(27)13-3-4-14(22)15(23)10-13/h3-4,9-10H,5-8H2,1-2H3,(H,25,27). The number of carbonyl (C=O) groups excluding carboxylic acids is 2. The number of nitrogens with zero attached hydrogens (tertiary/aromatic N) is 2. The average Bonchev–Trinajstić information content (AvgIpc) is 3.08. The van der Waals surface area contributed by atoms with Crippen LogP contribution < -0.4 is 5.32 Å². The van der Waals surface area contributed by atoms with Crippen molar-refractivity contribution < 1.29 is 14.3 Å². The number of halogens is 2. The lowest BCUT2D eigenvalue weighted by molar-refractivity contribution is 0.0307. The third-order valence-corrected chi connectivity index (χ3v) is 6.71. The molecule has 3 heterocycles. The van der Waals surface area contributed by atoms with Gasteiger partial charge in [0.2, 0.25) is 0 Å². The van der Waals surface area contributed by atoms with E-state index in [2.05, 4.69) is 10.3 Å². The van der Waals surface area contributed by atoms with Crippen LogP contribution in [0.15, 0.2) is 24.3 Å². The van der Waals surface area contributed by atoms with E-state index < -0.39 is 0 Å². The molecule has 3 aromatic rings. The van der Waals surface area contributed by atoms with Gasteiger partial charge in [-0.1, -0.05) is 23.2 Å². The number of fused-ring (bicyclic) bond motifs is 1.